The molecule has 2 aliphatic heterocycles. The van der Waals surface area contributed by atoms with Gasteiger partial charge in [0.15, 0.2) is 5.76 Å². The molecule has 2 unspecified atom stereocenters. The second-order valence-corrected chi connectivity index (χ2v) is 13.0. The van der Waals surface area contributed by atoms with Gasteiger partial charge in [0.05, 0.1) is 6.61 Å². The molecule has 14 heteroatoms. The standard InChI is InChI=1S/C37H42F6N2O6/c1-3-10-25-21-28(35(48,36(38,39)40)37(41,42)43)22-26(14-13-24-11-6-5-7-12-24)31(25)51-18-9-8-17-45-32(46)34(4-2,44-33(45)47)27-15-16-29-30(23-27)50-20-19-49-29/h5-7,11-12,15-16,21-22,27,48H,3-4,8-10,13-14,17-20,23H2,1-2H3,(H,44,47). The van der Waals surface area contributed by atoms with E-state index < -0.39 is 35.1 Å². The number of rotatable bonds is 14. The first kappa shape index (κ1) is 38.0. The van der Waals surface area contributed by atoms with Gasteiger partial charge in [0, 0.05) is 24.4 Å². The minimum Gasteiger partial charge on any atom is -0.493 e. The van der Waals surface area contributed by atoms with Crippen molar-refractivity contribution in [2.24, 2.45) is 5.92 Å². The van der Waals surface area contributed by atoms with Crippen LogP contribution in [0.1, 0.15) is 68.2 Å². The SMILES string of the molecule is CCCc1cc(C(O)(C(F)(F)F)C(F)(F)F)cc(CCc2ccccc2)c1OCCCCN1C(=O)NC(CC)(C2C=CC3=C(C2)OCCO3)C1=O. The van der Waals surface area contributed by atoms with Gasteiger partial charge in [0.2, 0.25) is 0 Å². The fourth-order valence-electron chi connectivity index (χ4n) is 6.93. The number of hydrogen-bond donors (Lipinski definition) is 2. The first-order valence-corrected chi connectivity index (χ1v) is 17.2. The molecular weight excluding hydrogens is 682 g/mol. The molecule has 51 heavy (non-hydrogen) atoms. The highest BCUT2D eigenvalue weighted by molar-refractivity contribution is 6.07. The van der Waals surface area contributed by atoms with Crippen molar-refractivity contribution in [1.82, 2.24) is 10.2 Å². The van der Waals surface area contributed by atoms with Crippen molar-refractivity contribution in [1.29, 1.82) is 0 Å². The van der Waals surface area contributed by atoms with Gasteiger partial charge in [-0.3, -0.25) is 9.69 Å². The lowest BCUT2D eigenvalue weighted by Gasteiger charge is -2.36. The molecule has 0 bridgehead atoms. The number of urea groups is 1. The fourth-order valence-corrected chi connectivity index (χ4v) is 6.93. The Hall–Kier alpha value is -4.20. The molecule has 3 amide bonds. The Morgan fingerprint density at radius 1 is 0.941 bits per heavy atom. The van der Waals surface area contributed by atoms with Crippen molar-refractivity contribution in [3.63, 3.8) is 0 Å². The van der Waals surface area contributed by atoms with E-state index in [1.54, 1.807) is 43.3 Å². The molecule has 2 N–H and O–H groups in total. The van der Waals surface area contributed by atoms with Crippen LogP contribution in [0, 0.1) is 5.92 Å². The number of nitrogens with zero attached hydrogens (tertiary/aromatic N) is 1. The van der Waals surface area contributed by atoms with Crippen LogP contribution in [0.15, 0.2) is 66.1 Å². The van der Waals surface area contributed by atoms with E-state index in [0.29, 0.717) is 63.3 Å². The lowest BCUT2D eigenvalue weighted by molar-refractivity contribution is -0.376. The minimum absolute atomic E-state index is 0.0133. The van der Waals surface area contributed by atoms with Gasteiger partial charge in [0.25, 0.3) is 11.5 Å². The number of benzene rings is 2. The number of allylic oxidation sites excluding steroid dienone is 2. The molecule has 0 saturated carbocycles. The van der Waals surface area contributed by atoms with Gasteiger partial charge in [-0.1, -0.05) is 56.7 Å². The maximum atomic E-state index is 13.9. The molecule has 1 fully saturated rings. The van der Waals surface area contributed by atoms with Gasteiger partial charge in [-0.25, -0.2) is 4.79 Å². The summed E-state index contributed by atoms with van der Waals surface area (Å²) in [5.74, 6) is 0.703. The third kappa shape index (κ3) is 7.56. The molecule has 2 atom stereocenters. The molecule has 2 aromatic carbocycles. The molecule has 1 saturated heterocycles. The average Bonchev–Trinajstić information content (AvgIpc) is 3.35. The number of hydrogen-bond acceptors (Lipinski definition) is 6. The highest BCUT2D eigenvalue weighted by Crippen LogP contribution is 2.51. The van der Waals surface area contributed by atoms with Crippen LogP contribution >= 0.6 is 0 Å². The highest BCUT2D eigenvalue weighted by Gasteiger charge is 2.71. The van der Waals surface area contributed by atoms with Gasteiger partial charge in [-0.2, -0.15) is 26.3 Å². The molecule has 3 aliphatic rings. The van der Waals surface area contributed by atoms with E-state index in [1.165, 1.54) is 0 Å². The van der Waals surface area contributed by atoms with Crippen molar-refractivity contribution in [3.05, 3.63) is 88.4 Å². The van der Waals surface area contributed by atoms with E-state index in [1.807, 2.05) is 13.0 Å². The number of halogens is 6. The molecule has 2 aromatic rings. The number of aryl methyl sites for hydroxylation is 3. The predicted octanol–water partition coefficient (Wildman–Crippen LogP) is 7.43. The summed E-state index contributed by atoms with van der Waals surface area (Å²) in [7, 11) is 0. The minimum atomic E-state index is -6.03. The van der Waals surface area contributed by atoms with Gasteiger partial charge < -0.3 is 24.6 Å². The van der Waals surface area contributed by atoms with Crippen LogP contribution in [0.2, 0.25) is 0 Å². The molecule has 8 nitrogen and oxygen atoms in total. The third-order valence-corrected chi connectivity index (χ3v) is 9.72. The Balaban J connectivity index is 1.31. The Bertz CT molecular complexity index is 1630. The Morgan fingerprint density at radius 3 is 2.25 bits per heavy atom. The van der Waals surface area contributed by atoms with Gasteiger partial charge in [0.1, 0.15) is 30.3 Å². The van der Waals surface area contributed by atoms with Crippen molar-refractivity contribution in [3.8, 4) is 5.75 Å². The molecule has 5 rings (SSSR count). The predicted molar refractivity (Wildman–Crippen MR) is 174 cm³/mol. The molecule has 278 valence electrons. The van der Waals surface area contributed by atoms with E-state index >= 15 is 0 Å². The quantitative estimate of drug-likeness (QED) is 0.120. The molecule has 2 heterocycles. The smallest absolute Gasteiger partial charge is 0.430 e. The summed E-state index contributed by atoms with van der Waals surface area (Å²) >= 11 is 0. The van der Waals surface area contributed by atoms with Crippen molar-refractivity contribution in [2.75, 3.05) is 26.4 Å². The van der Waals surface area contributed by atoms with Crippen molar-refractivity contribution < 1.29 is 55.2 Å². The summed E-state index contributed by atoms with van der Waals surface area (Å²) in [6.07, 6.45) is -6.25. The topological polar surface area (TPSA) is 97.3 Å². The largest absolute Gasteiger partial charge is 0.493 e. The maximum Gasteiger partial charge on any atom is 0.430 e. The van der Waals surface area contributed by atoms with Crippen LogP contribution in [0.3, 0.4) is 0 Å². The number of carbonyl (C=O) groups is 2. The molecule has 0 spiro atoms. The Morgan fingerprint density at radius 2 is 1.61 bits per heavy atom. The second kappa shape index (κ2) is 15.2. The lowest BCUT2D eigenvalue weighted by atomic mass is 9.77. The first-order valence-electron chi connectivity index (χ1n) is 17.2. The van der Waals surface area contributed by atoms with Gasteiger partial charge in [-0.15, -0.1) is 0 Å². The summed E-state index contributed by atoms with van der Waals surface area (Å²) in [6, 6.07) is 9.85. The van der Waals surface area contributed by atoms with Crippen LogP contribution in [0.4, 0.5) is 31.1 Å². The maximum absolute atomic E-state index is 13.9. The van der Waals surface area contributed by atoms with Gasteiger partial charge >= 0.3 is 18.4 Å². The van der Waals surface area contributed by atoms with Crippen LogP contribution in [0.5, 0.6) is 5.75 Å². The lowest BCUT2D eigenvalue weighted by Crippen LogP contribution is -2.54. The summed E-state index contributed by atoms with van der Waals surface area (Å²) in [4.78, 5) is 28.0. The number of aliphatic hydroxyl groups is 1. The van der Waals surface area contributed by atoms with E-state index in [4.69, 9.17) is 14.2 Å². The van der Waals surface area contributed by atoms with Crippen molar-refractivity contribution >= 4 is 11.9 Å². The number of alkyl halides is 6. The van der Waals surface area contributed by atoms with Crippen LogP contribution < -0.4 is 10.1 Å². The average molecular weight is 725 g/mol. The molecule has 0 aromatic heterocycles. The number of ether oxygens (including phenoxy) is 3. The van der Waals surface area contributed by atoms with Crippen LogP contribution in [-0.2, 0) is 39.1 Å². The Kier molecular flexibility index (Phi) is 11.3. The summed E-state index contributed by atoms with van der Waals surface area (Å²) < 4.78 is 101. The van der Waals surface area contributed by atoms with Gasteiger partial charge in [-0.05, 0) is 73.4 Å². The molecule has 0 radical (unpaired) electrons. The Labute approximate surface area is 292 Å². The highest BCUT2D eigenvalue weighted by atomic mass is 19.4. The number of carbonyl (C=O) groups excluding carboxylic acids is 2. The zero-order chi connectivity index (χ0) is 37.0. The molecule has 1 aliphatic carbocycles. The number of unbranched alkanes of at least 4 members (excludes halogenated alkanes) is 1. The van der Waals surface area contributed by atoms with E-state index in [-0.39, 0.29) is 54.7 Å². The number of imide groups is 1. The fraction of sp³-hybridized carbons (Fsp3) is 0.514. The monoisotopic (exact) mass is 724 g/mol. The number of amides is 3. The zero-order valence-electron chi connectivity index (χ0n) is 28.5. The van der Waals surface area contributed by atoms with Crippen molar-refractivity contribution in [2.45, 2.75) is 88.7 Å². The first-order chi connectivity index (χ1) is 24.2. The summed E-state index contributed by atoms with van der Waals surface area (Å²) in [5.41, 5.74) is -6.55. The van der Waals surface area contributed by atoms with E-state index in [0.717, 1.165) is 22.6 Å². The van der Waals surface area contributed by atoms with Crippen LogP contribution in [-0.4, -0.2) is 66.2 Å². The normalized spacial score (nSPS) is 21.0. The molecular formula is C37H42F6N2O6. The summed E-state index contributed by atoms with van der Waals surface area (Å²) in [5, 5.41) is 13.2. The van der Waals surface area contributed by atoms with E-state index in [2.05, 4.69) is 5.32 Å². The van der Waals surface area contributed by atoms with Crippen LogP contribution in [0.25, 0.3) is 0 Å². The second-order valence-electron chi connectivity index (χ2n) is 13.0. The van der Waals surface area contributed by atoms with E-state index in [9.17, 15) is 41.0 Å². The zero-order valence-corrected chi connectivity index (χ0v) is 28.5. The summed E-state index contributed by atoms with van der Waals surface area (Å²) in [6.45, 7) is 4.47. The third-order valence-electron chi connectivity index (χ3n) is 9.72. The number of nitrogens with one attached hydrogen (secondary N) is 1.